The van der Waals surface area contributed by atoms with E-state index in [1.807, 2.05) is 28.8 Å². The second-order valence-electron chi connectivity index (χ2n) is 9.31. The molecule has 1 fully saturated rings. The van der Waals surface area contributed by atoms with E-state index in [4.69, 9.17) is 15.7 Å². The first-order chi connectivity index (χ1) is 16.2. The molecule has 2 aliphatic rings. The highest BCUT2D eigenvalue weighted by Crippen LogP contribution is 2.29. The summed E-state index contributed by atoms with van der Waals surface area (Å²) in [6.45, 7) is 4.42. The Morgan fingerprint density at radius 3 is 2.55 bits per heavy atom. The molecule has 174 valence electrons. The van der Waals surface area contributed by atoms with Crippen LogP contribution in [0, 0.1) is 0 Å². The van der Waals surface area contributed by atoms with Gasteiger partial charge in [0.1, 0.15) is 16.9 Å². The number of aromatic nitrogens is 3. The van der Waals surface area contributed by atoms with E-state index in [0.717, 1.165) is 49.9 Å². The van der Waals surface area contributed by atoms with Crippen molar-refractivity contribution in [1.29, 1.82) is 0 Å². The number of nitrogen functional groups attached to an aromatic ring is 1. The van der Waals surface area contributed by atoms with Crippen molar-refractivity contribution < 1.29 is 4.79 Å². The summed E-state index contributed by atoms with van der Waals surface area (Å²) in [5.74, 6) is 0.307. The summed E-state index contributed by atoms with van der Waals surface area (Å²) in [4.78, 5) is 25.4. The fourth-order valence-electron chi connectivity index (χ4n) is 5.15. The quantitative estimate of drug-likeness (QED) is 0.529. The molecule has 1 aliphatic carbocycles. The van der Waals surface area contributed by atoms with Gasteiger partial charge in [-0.1, -0.05) is 30.2 Å². The first-order valence-electron chi connectivity index (χ1n) is 12.4. The normalized spacial score (nSPS) is 17.4. The van der Waals surface area contributed by atoms with Gasteiger partial charge in [0, 0.05) is 19.6 Å². The smallest absolute Gasteiger partial charge is 0.257 e. The third-order valence-corrected chi connectivity index (χ3v) is 7.02. The molecule has 3 aromatic rings. The second-order valence-corrected chi connectivity index (χ2v) is 9.31. The summed E-state index contributed by atoms with van der Waals surface area (Å²) >= 11 is 0. The van der Waals surface area contributed by atoms with Gasteiger partial charge in [-0.15, -0.1) is 0 Å². The van der Waals surface area contributed by atoms with E-state index in [1.54, 1.807) is 0 Å². The molecule has 1 aliphatic heterocycles. The minimum atomic E-state index is -0.158. The Bertz CT molecular complexity index is 1170. The van der Waals surface area contributed by atoms with E-state index in [2.05, 4.69) is 16.3 Å². The number of hydrogen-bond acceptors (Lipinski definition) is 5. The lowest BCUT2D eigenvalue weighted by molar-refractivity contribution is 0.0949. The van der Waals surface area contributed by atoms with Crippen LogP contribution in [0.25, 0.3) is 22.2 Å². The molecule has 3 N–H and O–H groups in total. The van der Waals surface area contributed by atoms with Crippen molar-refractivity contribution >= 4 is 33.9 Å². The first kappa shape index (κ1) is 21.9. The Balaban J connectivity index is 1.43. The minimum absolute atomic E-state index is 0.158. The zero-order valence-electron chi connectivity index (χ0n) is 19.4. The Kier molecular flexibility index (Phi) is 6.58. The van der Waals surface area contributed by atoms with Crippen LogP contribution in [-0.2, 0) is 6.54 Å². The third kappa shape index (κ3) is 4.74. The lowest BCUT2D eigenvalue weighted by atomic mass is 9.97. The largest absolute Gasteiger partial charge is 0.384 e. The number of fused-ring (bicyclic) bond motifs is 2. The summed E-state index contributed by atoms with van der Waals surface area (Å²) in [6, 6.07) is 7.79. The van der Waals surface area contributed by atoms with Gasteiger partial charge in [0.05, 0.1) is 11.0 Å². The van der Waals surface area contributed by atoms with E-state index < -0.39 is 0 Å². The van der Waals surface area contributed by atoms with Gasteiger partial charge in [0.15, 0.2) is 5.65 Å². The third-order valence-electron chi connectivity index (χ3n) is 7.02. The van der Waals surface area contributed by atoms with Gasteiger partial charge in [0.25, 0.3) is 5.91 Å². The highest BCUT2D eigenvalue weighted by atomic mass is 16.1. The molecule has 0 saturated carbocycles. The van der Waals surface area contributed by atoms with Crippen LogP contribution in [0.4, 0.5) is 5.82 Å². The fraction of sp³-hybridized carbons (Fsp3) is 0.500. The number of piperidine rings is 1. The Labute approximate surface area is 195 Å². The zero-order valence-corrected chi connectivity index (χ0v) is 19.4. The fourth-order valence-corrected chi connectivity index (χ4v) is 5.15. The molecule has 1 aromatic carbocycles. The number of nitrogens with zero attached hydrogens (tertiary/aromatic N) is 4. The van der Waals surface area contributed by atoms with Crippen LogP contribution >= 0.6 is 0 Å². The number of nitrogens with two attached hydrogens (primary N) is 1. The molecular weight excluding hydrogens is 412 g/mol. The van der Waals surface area contributed by atoms with Crippen molar-refractivity contribution in [2.45, 2.75) is 57.9 Å². The number of para-hydroxylation sites is 2. The zero-order chi connectivity index (χ0) is 22.6. The molecule has 7 nitrogen and oxygen atoms in total. The van der Waals surface area contributed by atoms with Crippen molar-refractivity contribution in [3.63, 3.8) is 0 Å². The van der Waals surface area contributed by atoms with Crippen molar-refractivity contribution in [1.82, 2.24) is 24.8 Å². The standard InChI is InChI=1S/C26H34N6O/c27-24-22(26(33)28-14-18-31-15-7-2-8-16-31)23-25(30-21-12-6-5-11-20(21)29-23)32(24)17-13-19-9-3-1-4-10-19/h5-6,9,11-12H,1-4,7-8,10,13-18,27H2,(H,28,33). The number of anilines is 1. The minimum Gasteiger partial charge on any atom is -0.384 e. The van der Waals surface area contributed by atoms with Crippen molar-refractivity contribution in [2.24, 2.45) is 0 Å². The van der Waals surface area contributed by atoms with E-state index >= 15 is 0 Å². The average Bonchev–Trinajstić information content (AvgIpc) is 3.12. The van der Waals surface area contributed by atoms with E-state index in [1.165, 1.54) is 37.7 Å². The molecular formula is C26H34N6O. The molecule has 3 heterocycles. The number of hydrogen-bond donors (Lipinski definition) is 2. The molecule has 5 rings (SSSR count). The van der Waals surface area contributed by atoms with Gasteiger partial charge in [-0.2, -0.15) is 0 Å². The van der Waals surface area contributed by atoms with E-state index in [9.17, 15) is 4.79 Å². The molecule has 2 aromatic heterocycles. The summed E-state index contributed by atoms with van der Waals surface area (Å²) in [7, 11) is 0. The lowest BCUT2D eigenvalue weighted by Crippen LogP contribution is -2.37. The first-order valence-corrected chi connectivity index (χ1v) is 12.4. The van der Waals surface area contributed by atoms with Crippen molar-refractivity contribution in [3.05, 3.63) is 41.5 Å². The number of allylic oxidation sites excluding steroid dienone is 2. The van der Waals surface area contributed by atoms with E-state index in [-0.39, 0.29) is 5.91 Å². The number of likely N-dealkylation sites (tertiary alicyclic amines) is 1. The number of carbonyl (C=O) groups excluding carboxylic acids is 1. The predicted octanol–water partition coefficient (Wildman–Crippen LogP) is 4.27. The van der Waals surface area contributed by atoms with Gasteiger partial charge in [0.2, 0.25) is 0 Å². The number of carbonyl (C=O) groups is 1. The monoisotopic (exact) mass is 446 g/mol. The van der Waals surface area contributed by atoms with Crippen LogP contribution in [0.15, 0.2) is 35.9 Å². The Morgan fingerprint density at radius 2 is 1.79 bits per heavy atom. The average molecular weight is 447 g/mol. The van der Waals surface area contributed by atoms with Gasteiger partial charge in [-0.3, -0.25) is 4.79 Å². The summed E-state index contributed by atoms with van der Waals surface area (Å²) < 4.78 is 1.99. The number of rotatable bonds is 7. The van der Waals surface area contributed by atoms with Crippen LogP contribution in [-0.4, -0.2) is 51.5 Å². The molecule has 0 spiro atoms. The Hall–Kier alpha value is -2.93. The van der Waals surface area contributed by atoms with Crippen LogP contribution < -0.4 is 11.1 Å². The van der Waals surface area contributed by atoms with Gasteiger partial charge < -0.3 is 20.5 Å². The summed E-state index contributed by atoms with van der Waals surface area (Å²) in [5, 5.41) is 3.09. The van der Waals surface area contributed by atoms with E-state index in [0.29, 0.717) is 35.6 Å². The Morgan fingerprint density at radius 1 is 1.00 bits per heavy atom. The van der Waals surface area contributed by atoms with Crippen LogP contribution in [0.1, 0.15) is 61.7 Å². The van der Waals surface area contributed by atoms with Crippen LogP contribution in [0.2, 0.25) is 0 Å². The molecule has 0 bridgehead atoms. The molecule has 0 unspecified atom stereocenters. The maximum atomic E-state index is 13.3. The topological polar surface area (TPSA) is 89.1 Å². The van der Waals surface area contributed by atoms with Gasteiger partial charge in [-0.25, -0.2) is 9.97 Å². The van der Waals surface area contributed by atoms with Crippen LogP contribution in [0.5, 0.6) is 0 Å². The van der Waals surface area contributed by atoms with Crippen LogP contribution in [0.3, 0.4) is 0 Å². The second kappa shape index (κ2) is 9.91. The number of nitrogens with one attached hydrogen (secondary N) is 1. The summed E-state index contributed by atoms with van der Waals surface area (Å²) in [6.07, 6.45) is 11.9. The molecule has 1 saturated heterocycles. The maximum Gasteiger partial charge on any atom is 0.257 e. The highest BCUT2D eigenvalue weighted by molar-refractivity contribution is 6.10. The predicted molar refractivity (Wildman–Crippen MR) is 133 cm³/mol. The molecule has 0 atom stereocenters. The number of benzene rings is 1. The van der Waals surface area contributed by atoms with Crippen molar-refractivity contribution in [2.75, 3.05) is 31.9 Å². The lowest BCUT2D eigenvalue weighted by Gasteiger charge is -2.26. The van der Waals surface area contributed by atoms with Gasteiger partial charge >= 0.3 is 0 Å². The molecule has 7 heteroatoms. The summed E-state index contributed by atoms with van der Waals surface area (Å²) in [5.41, 5.74) is 11.4. The molecule has 0 radical (unpaired) electrons. The maximum absolute atomic E-state index is 13.3. The number of amides is 1. The molecule has 33 heavy (non-hydrogen) atoms. The van der Waals surface area contributed by atoms with Crippen molar-refractivity contribution in [3.8, 4) is 0 Å². The highest BCUT2D eigenvalue weighted by Gasteiger charge is 2.24. The number of aryl methyl sites for hydroxylation is 1. The van der Waals surface area contributed by atoms with Gasteiger partial charge in [-0.05, 0) is 70.2 Å². The SMILES string of the molecule is Nc1c(C(=O)NCCN2CCCCC2)c2nc3ccccc3nc2n1CCC1=CCCCC1. The molecule has 1 amide bonds.